The third kappa shape index (κ3) is 7.30. The van der Waals surface area contributed by atoms with Crippen molar-refractivity contribution in [1.82, 2.24) is 0 Å². The number of aliphatic hydroxyl groups excluding tert-OH is 2. The van der Waals surface area contributed by atoms with Crippen LogP contribution in [-0.2, 0) is 6.11 Å². The summed E-state index contributed by atoms with van der Waals surface area (Å²) in [5.74, 6) is 4.79. The number of unbranched alkanes of at least 4 members (excludes halogenated alkanes) is 3. The fourth-order valence-electron chi connectivity index (χ4n) is 2.92. The SMILES string of the molecule is C#CCCCC(O)c1cc(F)c(C(F)(F)Oc2ccc(C#CCCCCO)cc2)c(F)c1. The predicted octanol–water partition coefficient (Wildman–Crippen LogP) is 5.44. The van der Waals surface area contributed by atoms with E-state index in [0.29, 0.717) is 43.4 Å². The number of terminal acetylenes is 1. The minimum absolute atomic E-state index is 0.0962. The van der Waals surface area contributed by atoms with Crippen LogP contribution in [-0.4, -0.2) is 16.8 Å². The van der Waals surface area contributed by atoms with Gasteiger partial charge in [0.05, 0.1) is 6.10 Å². The third-order valence-electron chi connectivity index (χ3n) is 4.58. The molecule has 0 saturated carbocycles. The number of rotatable bonds is 10. The lowest BCUT2D eigenvalue weighted by molar-refractivity contribution is -0.189. The Kier molecular flexibility index (Phi) is 9.59. The molecule has 0 amide bonds. The van der Waals surface area contributed by atoms with Crippen molar-refractivity contribution in [2.24, 2.45) is 0 Å². The van der Waals surface area contributed by atoms with Crippen LogP contribution in [0.5, 0.6) is 5.75 Å². The second-order valence-corrected chi connectivity index (χ2v) is 7.10. The lowest BCUT2D eigenvalue weighted by atomic mass is 10.0. The van der Waals surface area contributed by atoms with Gasteiger partial charge in [-0.2, -0.15) is 8.78 Å². The molecule has 32 heavy (non-hydrogen) atoms. The van der Waals surface area contributed by atoms with Crippen LogP contribution in [0.15, 0.2) is 36.4 Å². The summed E-state index contributed by atoms with van der Waals surface area (Å²) in [5, 5.41) is 18.7. The van der Waals surface area contributed by atoms with E-state index in [1.54, 1.807) is 0 Å². The van der Waals surface area contributed by atoms with Crippen LogP contribution < -0.4 is 4.74 Å². The summed E-state index contributed by atoms with van der Waals surface area (Å²) in [6.45, 7) is 0.0962. The minimum Gasteiger partial charge on any atom is -0.429 e. The first-order chi connectivity index (χ1) is 15.3. The number of benzene rings is 2. The van der Waals surface area contributed by atoms with Crippen molar-refractivity contribution < 1.29 is 32.5 Å². The van der Waals surface area contributed by atoms with Crippen molar-refractivity contribution in [1.29, 1.82) is 0 Å². The number of ether oxygens (including phenoxy) is 1. The van der Waals surface area contributed by atoms with Gasteiger partial charge in [0, 0.05) is 25.0 Å². The highest BCUT2D eigenvalue weighted by molar-refractivity contribution is 5.39. The molecular weight excluding hydrogens is 424 g/mol. The topological polar surface area (TPSA) is 49.7 Å². The molecule has 0 heterocycles. The van der Waals surface area contributed by atoms with Crippen LogP contribution in [0.1, 0.15) is 61.3 Å². The maximum Gasteiger partial charge on any atom is 0.432 e. The first-order valence-corrected chi connectivity index (χ1v) is 10.2. The quantitative estimate of drug-likeness (QED) is 0.289. The molecule has 0 aliphatic carbocycles. The lowest BCUT2D eigenvalue weighted by Gasteiger charge is -2.20. The second kappa shape index (κ2) is 12.1. The summed E-state index contributed by atoms with van der Waals surface area (Å²) in [7, 11) is 0. The molecular formula is C25H24F4O3. The van der Waals surface area contributed by atoms with Crippen molar-refractivity contribution >= 4 is 0 Å². The number of halogens is 4. The average molecular weight is 448 g/mol. The zero-order chi connectivity index (χ0) is 23.6. The van der Waals surface area contributed by atoms with Crippen molar-refractivity contribution in [2.75, 3.05) is 6.61 Å². The maximum atomic E-state index is 14.5. The van der Waals surface area contributed by atoms with Gasteiger partial charge >= 0.3 is 6.11 Å². The van der Waals surface area contributed by atoms with Gasteiger partial charge < -0.3 is 14.9 Å². The molecule has 1 unspecified atom stereocenters. The zero-order valence-corrected chi connectivity index (χ0v) is 17.4. The van der Waals surface area contributed by atoms with E-state index in [9.17, 15) is 22.7 Å². The standard InChI is InChI=1S/C25H24F4O3/c1-2-3-6-10-23(31)19-16-21(26)24(22(27)17-19)25(28,29)32-20-13-11-18(12-14-20)9-7-4-5-8-15-30/h1,11-14,16-17,23,30-31H,3-6,8,10,15H2. The highest BCUT2D eigenvalue weighted by Crippen LogP contribution is 2.36. The van der Waals surface area contributed by atoms with E-state index >= 15 is 0 Å². The van der Waals surface area contributed by atoms with Gasteiger partial charge in [-0.25, -0.2) is 8.78 Å². The summed E-state index contributed by atoms with van der Waals surface area (Å²) in [4.78, 5) is 0. The smallest absolute Gasteiger partial charge is 0.429 e. The van der Waals surface area contributed by atoms with Gasteiger partial charge in [0.25, 0.3) is 0 Å². The number of hydrogen-bond acceptors (Lipinski definition) is 3. The van der Waals surface area contributed by atoms with E-state index in [4.69, 9.17) is 11.5 Å². The Hall–Kier alpha value is -3.00. The Morgan fingerprint density at radius 2 is 1.66 bits per heavy atom. The molecule has 7 heteroatoms. The Morgan fingerprint density at radius 3 is 2.25 bits per heavy atom. The molecule has 2 aromatic carbocycles. The third-order valence-corrected chi connectivity index (χ3v) is 4.58. The van der Waals surface area contributed by atoms with Gasteiger partial charge in [0.15, 0.2) is 0 Å². The Morgan fingerprint density at radius 1 is 1.00 bits per heavy atom. The van der Waals surface area contributed by atoms with Crippen LogP contribution >= 0.6 is 0 Å². The van der Waals surface area contributed by atoms with Gasteiger partial charge in [-0.3, -0.25) is 0 Å². The molecule has 2 aromatic rings. The molecule has 3 nitrogen and oxygen atoms in total. The number of aliphatic hydroxyl groups is 2. The monoisotopic (exact) mass is 448 g/mol. The van der Waals surface area contributed by atoms with Crippen molar-refractivity contribution in [3.05, 3.63) is 64.7 Å². The summed E-state index contributed by atoms with van der Waals surface area (Å²) in [6.07, 6.45) is 2.53. The molecule has 2 rings (SSSR count). The van der Waals surface area contributed by atoms with Crippen molar-refractivity contribution in [2.45, 2.75) is 50.7 Å². The van der Waals surface area contributed by atoms with Crippen LogP contribution in [0.25, 0.3) is 0 Å². The molecule has 0 saturated heterocycles. The van der Waals surface area contributed by atoms with Gasteiger partial charge in [-0.15, -0.1) is 12.3 Å². The van der Waals surface area contributed by atoms with Crippen LogP contribution in [0.3, 0.4) is 0 Å². The molecule has 1 atom stereocenters. The Bertz CT molecular complexity index is 962. The number of hydrogen-bond donors (Lipinski definition) is 2. The fraction of sp³-hybridized carbons (Fsp3) is 0.360. The van der Waals surface area contributed by atoms with E-state index in [1.165, 1.54) is 24.3 Å². The highest BCUT2D eigenvalue weighted by atomic mass is 19.3. The lowest BCUT2D eigenvalue weighted by Crippen LogP contribution is -2.25. The van der Waals surface area contributed by atoms with Gasteiger partial charge in [-0.1, -0.05) is 11.8 Å². The minimum atomic E-state index is -4.28. The normalized spacial score (nSPS) is 11.9. The van der Waals surface area contributed by atoms with Crippen LogP contribution in [0.4, 0.5) is 17.6 Å². The van der Waals surface area contributed by atoms with E-state index in [2.05, 4.69) is 22.5 Å². The summed E-state index contributed by atoms with van der Waals surface area (Å²) < 4.78 is 62.4. The Balaban J connectivity index is 2.11. The molecule has 0 bridgehead atoms. The van der Waals surface area contributed by atoms with Crippen molar-refractivity contribution in [3.63, 3.8) is 0 Å². The van der Waals surface area contributed by atoms with E-state index < -0.39 is 29.4 Å². The average Bonchev–Trinajstić information content (AvgIpc) is 2.74. The molecule has 0 aliphatic rings. The first kappa shape index (κ1) is 25.3. The number of alkyl halides is 2. The molecule has 2 N–H and O–H groups in total. The fourth-order valence-corrected chi connectivity index (χ4v) is 2.92. The maximum absolute atomic E-state index is 14.5. The van der Waals surface area contributed by atoms with E-state index in [1.807, 2.05) is 0 Å². The Labute approximate surface area is 185 Å². The van der Waals surface area contributed by atoms with E-state index in [-0.39, 0.29) is 24.3 Å². The molecule has 0 radical (unpaired) electrons. The molecule has 170 valence electrons. The first-order valence-electron chi connectivity index (χ1n) is 10.2. The zero-order valence-electron chi connectivity index (χ0n) is 17.4. The van der Waals surface area contributed by atoms with Crippen LogP contribution in [0, 0.1) is 35.8 Å². The molecule has 0 fully saturated rings. The van der Waals surface area contributed by atoms with Gasteiger partial charge in [0.1, 0.15) is 22.9 Å². The van der Waals surface area contributed by atoms with Crippen LogP contribution in [0.2, 0.25) is 0 Å². The summed E-state index contributed by atoms with van der Waals surface area (Å²) >= 11 is 0. The largest absolute Gasteiger partial charge is 0.432 e. The van der Waals surface area contributed by atoms with Gasteiger partial charge in [-0.05, 0) is 67.6 Å². The van der Waals surface area contributed by atoms with Gasteiger partial charge in [0.2, 0.25) is 0 Å². The highest BCUT2D eigenvalue weighted by Gasteiger charge is 2.41. The second-order valence-electron chi connectivity index (χ2n) is 7.10. The van der Waals surface area contributed by atoms with E-state index in [0.717, 1.165) is 6.42 Å². The molecule has 0 spiro atoms. The molecule has 0 aromatic heterocycles. The molecule has 0 aliphatic heterocycles. The summed E-state index contributed by atoms with van der Waals surface area (Å²) in [6, 6.07) is 6.70. The summed E-state index contributed by atoms with van der Waals surface area (Å²) in [5.41, 5.74) is -1.13. The van der Waals surface area contributed by atoms with Crippen molar-refractivity contribution in [3.8, 4) is 29.9 Å². The predicted molar refractivity (Wildman–Crippen MR) is 113 cm³/mol.